The number of nitrogens with one attached hydrogen (secondary N) is 2. The van der Waals surface area contributed by atoms with E-state index < -0.39 is 0 Å². The van der Waals surface area contributed by atoms with E-state index in [1.165, 1.54) is 58.7 Å². The van der Waals surface area contributed by atoms with Crippen molar-refractivity contribution in [3.63, 3.8) is 0 Å². The summed E-state index contributed by atoms with van der Waals surface area (Å²) in [6, 6.07) is 54.6. The van der Waals surface area contributed by atoms with Crippen LogP contribution in [0.2, 0.25) is 0 Å². The van der Waals surface area contributed by atoms with Crippen molar-refractivity contribution in [3.05, 3.63) is 187 Å². The van der Waals surface area contributed by atoms with Crippen LogP contribution in [-0.4, -0.2) is 16.6 Å². The second-order valence-corrected chi connectivity index (χ2v) is 16.2. The zero-order valence-corrected chi connectivity index (χ0v) is 31.8. The summed E-state index contributed by atoms with van der Waals surface area (Å²) < 4.78 is 11.5. The highest BCUT2D eigenvalue weighted by molar-refractivity contribution is 7.25. The van der Waals surface area contributed by atoms with Crippen molar-refractivity contribution in [1.29, 1.82) is 0 Å². The van der Waals surface area contributed by atoms with Gasteiger partial charge in [-0.3, -0.25) is 5.32 Å². The third-order valence-corrected chi connectivity index (χ3v) is 12.8. The molecule has 0 bridgehead atoms. The highest BCUT2D eigenvalue weighted by Crippen LogP contribution is 2.42. The second kappa shape index (κ2) is 12.9. The number of fused-ring (bicyclic) bond motifs is 9. The number of amidine groups is 1. The number of allylic oxidation sites excluding steroid dienone is 2. The van der Waals surface area contributed by atoms with E-state index >= 15 is 0 Å². The number of aromatic nitrogens is 1. The molecule has 272 valence electrons. The van der Waals surface area contributed by atoms with Gasteiger partial charge in [0.25, 0.3) is 0 Å². The zero-order chi connectivity index (χ0) is 37.5. The van der Waals surface area contributed by atoms with E-state index in [1.54, 1.807) is 0 Å². The lowest BCUT2D eigenvalue weighted by atomic mass is 9.97. The van der Waals surface area contributed by atoms with Crippen molar-refractivity contribution < 1.29 is 4.42 Å². The molecule has 7 aromatic carbocycles. The van der Waals surface area contributed by atoms with Crippen LogP contribution in [-0.2, 0) is 0 Å². The summed E-state index contributed by atoms with van der Waals surface area (Å²) in [6.45, 7) is 0. The van der Waals surface area contributed by atoms with Crippen molar-refractivity contribution in [3.8, 4) is 16.8 Å². The van der Waals surface area contributed by atoms with Crippen LogP contribution in [0.5, 0.6) is 0 Å². The van der Waals surface area contributed by atoms with Gasteiger partial charge in [-0.2, -0.15) is 0 Å². The van der Waals surface area contributed by atoms with E-state index in [2.05, 4.69) is 185 Å². The smallest absolute Gasteiger partial charge is 0.137 e. The molecule has 6 heteroatoms. The van der Waals surface area contributed by atoms with Gasteiger partial charge in [-0.25, -0.2) is 4.99 Å². The van der Waals surface area contributed by atoms with Gasteiger partial charge in [0.15, 0.2) is 0 Å². The third-order valence-electron chi connectivity index (χ3n) is 11.7. The molecular formula is C51H36N4OS. The van der Waals surface area contributed by atoms with Crippen LogP contribution in [0.4, 0.5) is 0 Å². The van der Waals surface area contributed by atoms with E-state index in [0.717, 1.165) is 57.4 Å². The second-order valence-electron chi connectivity index (χ2n) is 15.1. The Balaban J connectivity index is 0.934. The summed E-state index contributed by atoms with van der Waals surface area (Å²) in [5.41, 5.74) is 11.1. The van der Waals surface area contributed by atoms with Gasteiger partial charge < -0.3 is 14.3 Å². The van der Waals surface area contributed by atoms with Gasteiger partial charge in [-0.15, -0.1) is 11.3 Å². The molecule has 2 atom stereocenters. The summed E-state index contributed by atoms with van der Waals surface area (Å²) in [5.74, 6) is 0.910. The molecule has 57 heavy (non-hydrogen) atoms. The minimum Gasteiger partial charge on any atom is -0.456 e. The van der Waals surface area contributed by atoms with Crippen LogP contribution in [0.15, 0.2) is 185 Å². The molecule has 3 aromatic heterocycles. The Bertz CT molecular complexity index is 3270. The van der Waals surface area contributed by atoms with Gasteiger partial charge in [-0.1, -0.05) is 115 Å². The Morgan fingerprint density at radius 2 is 1.40 bits per heavy atom. The lowest BCUT2D eigenvalue weighted by molar-refractivity contribution is 0.440. The third kappa shape index (κ3) is 5.29. The molecule has 0 saturated heterocycles. The van der Waals surface area contributed by atoms with Crippen LogP contribution in [0.1, 0.15) is 30.1 Å². The molecule has 1 aliphatic carbocycles. The van der Waals surface area contributed by atoms with Crippen molar-refractivity contribution in [2.75, 3.05) is 0 Å². The fourth-order valence-corrected chi connectivity index (χ4v) is 10.1. The molecule has 2 N–H and O–H groups in total. The molecule has 4 heterocycles. The fourth-order valence-electron chi connectivity index (χ4n) is 9.02. The monoisotopic (exact) mass is 752 g/mol. The first-order valence-corrected chi connectivity index (χ1v) is 20.5. The first-order valence-electron chi connectivity index (χ1n) is 19.7. The predicted octanol–water partition coefficient (Wildman–Crippen LogP) is 13.0. The summed E-state index contributed by atoms with van der Waals surface area (Å²) in [7, 11) is 0. The molecule has 0 radical (unpaired) electrons. The van der Waals surface area contributed by atoms with E-state index in [-0.39, 0.29) is 12.3 Å². The number of rotatable bonds is 5. The molecule has 10 aromatic rings. The minimum absolute atomic E-state index is 0.0260. The van der Waals surface area contributed by atoms with Crippen LogP contribution in [0.25, 0.3) is 80.7 Å². The molecule has 0 fully saturated rings. The van der Waals surface area contributed by atoms with Gasteiger partial charge in [0, 0.05) is 59.0 Å². The molecule has 1 aliphatic heterocycles. The van der Waals surface area contributed by atoms with Crippen LogP contribution in [0.3, 0.4) is 0 Å². The number of benzene rings is 7. The van der Waals surface area contributed by atoms with Crippen molar-refractivity contribution in [2.45, 2.75) is 25.2 Å². The first-order chi connectivity index (χ1) is 28.2. The summed E-state index contributed by atoms with van der Waals surface area (Å²) in [5, 5.41) is 14.7. The molecule has 2 unspecified atom stereocenters. The molecule has 0 spiro atoms. The van der Waals surface area contributed by atoms with Crippen LogP contribution < -0.4 is 10.6 Å². The molecule has 2 aliphatic rings. The SMILES string of the molecule is C1=CC(C2NC(c3ccc4c(c3)sc3ccc(-c5cccc6oc7cc(-n8c9ccccc9c9ccccc98)ccc7c56)cc34)=NC(c3ccccc3)N2)=CCC1. The summed E-state index contributed by atoms with van der Waals surface area (Å²) >= 11 is 1.84. The van der Waals surface area contributed by atoms with Crippen molar-refractivity contribution in [2.24, 2.45) is 4.99 Å². The Morgan fingerprint density at radius 1 is 0.614 bits per heavy atom. The van der Waals surface area contributed by atoms with Gasteiger partial charge in [0.2, 0.25) is 0 Å². The van der Waals surface area contributed by atoms with Crippen molar-refractivity contribution >= 4 is 81.1 Å². The quantitative estimate of drug-likeness (QED) is 0.184. The number of para-hydroxylation sites is 2. The molecule has 0 amide bonds. The van der Waals surface area contributed by atoms with E-state index in [0.29, 0.717) is 0 Å². The Labute approximate surface area is 332 Å². The number of aliphatic imine (C=N–C) groups is 1. The van der Waals surface area contributed by atoms with E-state index in [1.807, 2.05) is 11.3 Å². The highest BCUT2D eigenvalue weighted by atomic mass is 32.1. The Hall–Kier alpha value is -6.73. The normalized spacial score (nSPS) is 17.2. The van der Waals surface area contributed by atoms with Gasteiger partial charge >= 0.3 is 0 Å². The lowest BCUT2D eigenvalue weighted by Crippen LogP contribution is -2.52. The zero-order valence-electron chi connectivity index (χ0n) is 30.9. The average molecular weight is 753 g/mol. The van der Waals surface area contributed by atoms with Gasteiger partial charge in [0.05, 0.1) is 11.0 Å². The molecule has 12 rings (SSSR count). The van der Waals surface area contributed by atoms with E-state index in [4.69, 9.17) is 9.41 Å². The van der Waals surface area contributed by atoms with Gasteiger partial charge in [-0.05, 0) is 83.6 Å². The fraction of sp³-hybridized carbons (Fsp3) is 0.0784. The Kier molecular flexibility index (Phi) is 7.37. The summed E-state index contributed by atoms with van der Waals surface area (Å²) in [4.78, 5) is 5.21. The maximum atomic E-state index is 6.63. The first kappa shape index (κ1) is 32.5. The highest BCUT2D eigenvalue weighted by Gasteiger charge is 2.27. The number of hydrogen-bond acceptors (Lipinski definition) is 5. The number of nitrogens with zero attached hydrogens (tertiary/aromatic N) is 2. The van der Waals surface area contributed by atoms with Crippen molar-refractivity contribution in [1.82, 2.24) is 15.2 Å². The maximum absolute atomic E-state index is 6.63. The lowest BCUT2D eigenvalue weighted by Gasteiger charge is -2.33. The van der Waals surface area contributed by atoms with Crippen LogP contribution >= 0.6 is 11.3 Å². The molecule has 5 nitrogen and oxygen atoms in total. The number of thiophene rings is 1. The summed E-state index contributed by atoms with van der Waals surface area (Å²) in [6.07, 6.45) is 8.80. The topological polar surface area (TPSA) is 54.5 Å². The maximum Gasteiger partial charge on any atom is 0.137 e. The Morgan fingerprint density at radius 3 is 2.23 bits per heavy atom. The standard InChI is InChI=1S/C51H36N4OS/c1-3-12-31(13-4-1)49-52-50(32-14-5-2-6-15-32)54-51(53-49)34-22-25-39-41-28-33(23-27-46(41)57-47(39)29-34)36-18-11-21-44-48(36)40-26-24-35(30-45(40)56-44)55-42-19-9-7-16-37(42)38-17-8-10-20-43(38)55/h1,3-5,7-30,49-50,52H,2,6H2,(H,53,54). The molecule has 0 saturated carbocycles. The predicted molar refractivity (Wildman–Crippen MR) is 239 cm³/mol. The molecular weight excluding hydrogens is 717 g/mol. The van der Waals surface area contributed by atoms with E-state index in [9.17, 15) is 0 Å². The number of furan rings is 1. The minimum atomic E-state index is -0.147. The van der Waals surface area contributed by atoms with Gasteiger partial charge in [0.1, 0.15) is 29.3 Å². The van der Waals surface area contributed by atoms with Crippen LogP contribution in [0, 0.1) is 0 Å². The largest absolute Gasteiger partial charge is 0.456 e. The number of hydrogen-bond donors (Lipinski definition) is 2. The average Bonchev–Trinajstić information content (AvgIpc) is 3.95.